The van der Waals surface area contributed by atoms with Crippen LogP contribution in [0.25, 0.3) is 12.2 Å². The van der Waals surface area contributed by atoms with Crippen LogP contribution in [0.3, 0.4) is 0 Å². The van der Waals surface area contributed by atoms with Crippen molar-refractivity contribution in [3.05, 3.63) is 116 Å². The topological polar surface area (TPSA) is 32.7 Å². The molecule has 3 aromatic rings. The van der Waals surface area contributed by atoms with Crippen molar-refractivity contribution in [2.45, 2.75) is 25.3 Å². The highest BCUT2D eigenvalue weighted by atomic mass is 35.5. The van der Waals surface area contributed by atoms with Crippen LogP contribution in [0.15, 0.2) is 89.5 Å². The minimum Gasteiger partial charge on any atom is -0.268 e. The highest BCUT2D eigenvalue weighted by Crippen LogP contribution is 2.44. The summed E-state index contributed by atoms with van der Waals surface area (Å²) >= 11 is 18.2. The van der Waals surface area contributed by atoms with Crippen molar-refractivity contribution in [2.75, 3.05) is 0 Å². The van der Waals surface area contributed by atoms with Crippen LogP contribution in [0.2, 0.25) is 15.1 Å². The van der Waals surface area contributed by atoms with Crippen LogP contribution in [-0.4, -0.2) is 16.6 Å². The lowest BCUT2D eigenvalue weighted by Crippen LogP contribution is -2.30. The number of hydrogen-bond donors (Lipinski definition) is 0. The molecule has 3 nitrogen and oxygen atoms in total. The van der Waals surface area contributed by atoms with Gasteiger partial charge in [0.15, 0.2) is 0 Å². The van der Waals surface area contributed by atoms with Crippen molar-refractivity contribution in [1.29, 1.82) is 0 Å². The van der Waals surface area contributed by atoms with E-state index in [1.807, 2.05) is 60.7 Å². The van der Waals surface area contributed by atoms with E-state index in [0.29, 0.717) is 15.1 Å². The lowest BCUT2D eigenvalue weighted by molar-refractivity contribution is -0.128. The zero-order chi connectivity index (χ0) is 24.4. The van der Waals surface area contributed by atoms with Crippen molar-refractivity contribution in [3.8, 4) is 0 Å². The summed E-state index contributed by atoms with van der Waals surface area (Å²) in [4.78, 5) is 13.4. The third-order valence-electron chi connectivity index (χ3n) is 6.44. The third kappa shape index (κ3) is 5.38. The lowest BCUT2D eigenvalue weighted by Gasteiger charge is -2.29. The number of rotatable bonds is 4. The van der Waals surface area contributed by atoms with Crippen molar-refractivity contribution >= 4 is 58.6 Å². The number of hydrogen-bond acceptors (Lipinski definition) is 2. The minimum absolute atomic E-state index is 0.122. The summed E-state index contributed by atoms with van der Waals surface area (Å²) < 4.78 is 0. The van der Waals surface area contributed by atoms with E-state index >= 15 is 0 Å². The molecular weight excluding hydrogens is 499 g/mol. The number of allylic oxidation sites excluding steroid dienone is 1. The number of carbonyl (C=O) groups is 1. The molecule has 3 aromatic carbocycles. The highest BCUT2D eigenvalue weighted by Gasteiger charge is 2.43. The molecule has 0 N–H and O–H groups in total. The van der Waals surface area contributed by atoms with E-state index in [0.717, 1.165) is 41.7 Å². The predicted octanol–water partition coefficient (Wildman–Crippen LogP) is 8.48. The first-order chi connectivity index (χ1) is 17.0. The fourth-order valence-corrected chi connectivity index (χ4v) is 5.13. The van der Waals surface area contributed by atoms with Gasteiger partial charge in [0.1, 0.15) is 0 Å². The van der Waals surface area contributed by atoms with Crippen molar-refractivity contribution in [1.82, 2.24) is 5.01 Å². The molecule has 0 bridgehead atoms. The van der Waals surface area contributed by atoms with Crippen molar-refractivity contribution in [2.24, 2.45) is 11.0 Å². The van der Waals surface area contributed by atoms with E-state index in [4.69, 9.17) is 39.9 Å². The summed E-state index contributed by atoms with van der Waals surface area (Å²) in [7, 11) is 0. The molecule has 1 saturated carbocycles. The first kappa shape index (κ1) is 23.9. The first-order valence-corrected chi connectivity index (χ1v) is 12.7. The number of fused-ring (bicyclic) bond motifs is 1. The van der Waals surface area contributed by atoms with Crippen LogP contribution < -0.4 is 0 Å². The average molecular weight is 522 g/mol. The highest BCUT2D eigenvalue weighted by molar-refractivity contribution is 6.31. The standard InChI is InChI=1S/C29H23Cl3N2O/c30-23-11-4-19(5-12-23)8-17-27(35)34-29(21-9-15-25(32)16-10-21)26-3-1-2-22(28(26)33-34)18-20-6-13-24(31)14-7-20/h4-18,26,29H,1-3H2. The molecular formula is C29H23Cl3N2O. The Bertz CT molecular complexity index is 1310. The van der Waals surface area contributed by atoms with Crippen LogP contribution in [0, 0.1) is 5.92 Å². The quantitative estimate of drug-likeness (QED) is 0.317. The first-order valence-electron chi connectivity index (χ1n) is 11.6. The number of amides is 1. The lowest BCUT2D eigenvalue weighted by atomic mass is 9.77. The number of benzene rings is 3. The van der Waals surface area contributed by atoms with Gasteiger partial charge in [-0.15, -0.1) is 0 Å². The molecule has 0 radical (unpaired) electrons. The average Bonchev–Trinajstić information content (AvgIpc) is 3.26. The van der Waals surface area contributed by atoms with Gasteiger partial charge < -0.3 is 0 Å². The van der Waals surface area contributed by atoms with E-state index in [-0.39, 0.29) is 17.9 Å². The Morgan fingerprint density at radius 3 is 2.03 bits per heavy atom. The van der Waals surface area contributed by atoms with Crippen LogP contribution in [0.1, 0.15) is 42.0 Å². The molecule has 1 aliphatic carbocycles. The molecule has 1 amide bonds. The van der Waals surface area contributed by atoms with Gasteiger partial charge in [0.05, 0.1) is 11.8 Å². The fourth-order valence-electron chi connectivity index (χ4n) is 4.75. The van der Waals surface area contributed by atoms with Crippen LogP contribution >= 0.6 is 34.8 Å². The van der Waals surface area contributed by atoms with Gasteiger partial charge in [0.2, 0.25) is 0 Å². The molecule has 2 unspecified atom stereocenters. The smallest absolute Gasteiger partial charge is 0.267 e. The predicted molar refractivity (Wildman–Crippen MR) is 146 cm³/mol. The number of carbonyl (C=O) groups excluding carboxylic acids is 1. The molecule has 6 heteroatoms. The summed E-state index contributed by atoms with van der Waals surface area (Å²) in [6.45, 7) is 0. The Labute approximate surface area is 220 Å². The molecule has 5 rings (SSSR count). The second-order valence-corrected chi connectivity index (χ2v) is 10.1. The summed E-state index contributed by atoms with van der Waals surface area (Å²) in [5.74, 6) is -0.0380. The zero-order valence-corrected chi connectivity index (χ0v) is 21.1. The van der Waals surface area contributed by atoms with Crippen LogP contribution in [-0.2, 0) is 4.79 Å². The van der Waals surface area contributed by atoms with E-state index in [2.05, 4.69) is 6.08 Å². The number of halogens is 3. The normalized spacial score (nSPS) is 20.8. The second kappa shape index (κ2) is 10.4. The minimum atomic E-state index is -0.182. The largest absolute Gasteiger partial charge is 0.268 e. The van der Waals surface area contributed by atoms with Crippen molar-refractivity contribution < 1.29 is 4.79 Å². The third-order valence-corrected chi connectivity index (χ3v) is 7.19. The Morgan fingerprint density at radius 2 is 1.40 bits per heavy atom. The van der Waals surface area contributed by atoms with Gasteiger partial charge in [0, 0.05) is 27.1 Å². The monoisotopic (exact) mass is 520 g/mol. The molecule has 1 aliphatic heterocycles. The summed E-state index contributed by atoms with van der Waals surface area (Å²) in [5, 5.41) is 8.58. The Morgan fingerprint density at radius 1 is 0.829 bits per heavy atom. The van der Waals surface area contributed by atoms with Gasteiger partial charge in [-0.3, -0.25) is 4.79 Å². The van der Waals surface area contributed by atoms with Gasteiger partial charge in [-0.2, -0.15) is 5.10 Å². The fraction of sp³-hybridized carbons (Fsp3) is 0.172. The molecule has 2 atom stereocenters. The molecule has 176 valence electrons. The SMILES string of the molecule is O=C(C=Cc1ccc(Cl)cc1)N1N=C2C(=Cc3ccc(Cl)cc3)CCCC2C1c1ccc(Cl)cc1. The molecule has 0 aromatic heterocycles. The van der Waals surface area contributed by atoms with E-state index in [1.54, 1.807) is 29.3 Å². The van der Waals surface area contributed by atoms with Crippen LogP contribution in [0.5, 0.6) is 0 Å². The molecule has 1 heterocycles. The van der Waals surface area contributed by atoms with Gasteiger partial charge >= 0.3 is 0 Å². The van der Waals surface area contributed by atoms with Gasteiger partial charge in [-0.05, 0) is 90.1 Å². The van der Waals surface area contributed by atoms with E-state index < -0.39 is 0 Å². The number of hydrazone groups is 1. The maximum atomic E-state index is 13.4. The molecule has 35 heavy (non-hydrogen) atoms. The Kier molecular flexibility index (Phi) is 7.10. The maximum Gasteiger partial charge on any atom is 0.267 e. The summed E-state index contributed by atoms with van der Waals surface area (Å²) in [6, 6.07) is 22.7. The van der Waals surface area contributed by atoms with Gasteiger partial charge in [0.25, 0.3) is 5.91 Å². The molecule has 0 saturated heterocycles. The van der Waals surface area contributed by atoms with E-state index in [9.17, 15) is 4.79 Å². The van der Waals surface area contributed by atoms with Crippen LogP contribution in [0.4, 0.5) is 0 Å². The van der Waals surface area contributed by atoms with E-state index in [1.165, 1.54) is 5.57 Å². The zero-order valence-electron chi connectivity index (χ0n) is 18.9. The second-order valence-electron chi connectivity index (χ2n) is 8.77. The van der Waals surface area contributed by atoms with Crippen molar-refractivity contribution in [3.63, 3.8) is 0 Å². The van der Waals surface area contributed by atoms with Gasteiger partial charge in [-0.25, -0.2) is 5.01 Å². The summed E-state index contributed by atoms with van der Waals surface area (Å²) in [5.41, 5.74) is 5.15. The Hall–Kier alpha value is -2.85. The number of nitrogens with zero attached hydrogens (tertiary/aromatic N) is 2. The maximum absolute atomic E-state index is 13.4. The summed E-state index contributed by atoms with van der Waals surface area (Å²) in [6.07, 6.45) is 8.47. The molecule has 2 aliphatic rings. The van der Waals surface area contributed by atoms with Gasteiger partial charge in [-0.1, -0.05) is 71.2 Å². The molecule has 1 fully saturated rings. The Balaban J connectivity index is 1.50. The molecule has 0 spiro atoms.